The molecule has 8 saturated heterocycles. The van der Waals surface area contributed by atoms with Crippen LogP contribution in [0.25, 0.3) is 0 Å². The third kappa shape index (κ3) is 14.4. The molecule has 8 aliphatic heterocycles. The van der Waals surface area contributed by atoms with Crippen molar-refractivity contribution in [2.45, 2.75) is 330 Å². The van der Waals surface area contributed by atoms with Crippen molar-refractivity contribution in [2.24, 2.45) is 61.1 Å². The van der Waals surface area contributed by atoms with Crippen molar-refractivity contribution in [3.05, 3.63) is 0 Å². The van der Waals surface area contributed by atoms with Crippen molar-refractivity contribution < 1.29 is 101 Å². The zero-order chi connectivity index (χ0) is 69.1. The van der Waals surface area contributed by atoms with Gasteiger partial charge in [-0.05, 0) is 153 Å². The van der Waals surface area contributed by atoms with Crippen LogP contribution in [0.2, 0.25) is 0 Å². The molecule has 0 aromatic heterocycles. The van der Waals surface area contributed by atoms with Gasteiger partial charge in [-0.25, -0.2) is 0 Å². The Bertz CT molecular complexity index is 3030. The van der Waals surface area contributed by atoms with Crippen molar-refractivity contribution in [3.63, 3.8) is 0 Å². The molecule has 16 fully saturated rings. The van der Waals surface area contributed by atoms with Crippen LogP contribution in [-0.2, 0) is 90.6 Å². The summed E-state index contributed by atoms with van der Waals surface area (Å²) in [6.07, 6.45) is 11.4. The fourth-order valence-corrected chi connectivity index (χ4v) is 18.2. The minimum absolute atomic E-state index is 0.0265. The summed E-state index contributed by atoms with van der Waals surface area (Å²) in [6.45, 7) is 32.4. The molecule has 2 N–H and O–H groups in total. The predicted molar refractivity (Wildman–Crippen MR) is 333 cm³/mol. The van der Waals surface area contributed by atoms with E-state index in [1.807, 2.05) is 111 Å². The average molecular weight is 1310 g/mol. The second-order valence-electron chi connectivity index (χ2n) is 35.4. The van der Waals surface area contributed by atoms with Gasteiger partial charge in [-0.3, -0.25) is 47.9 Å². The van der Waals surface area contributed by atoms with Crippen molar-refractivity contribution in [3.8, 4) is 0 Å². The van der Waals surface area contributed by atoms with Crippen LogP contribution in [0, 0.1) is 61.1 Å². The Morgan fingerprint density at radius 1 is 0.419 bits per heavy atom. The van der Waals surface area contributed by atoms with E-state index in [2.05, 4.69) is 6.92 Å². The molecule has 16 rings (SSSR count). The van der Waals surface area contributed by atoms with E-state index in [0.717, 1.165) is 25.7 Å². The summed E-state index contributed by atoms with van der Waals surface area (Å²) < 4.78 is 51.8. The molecule has 21 nitrogen and oxygen atoms in total. The van der Waals surface area contributed by atoms with E-state index in [4.69, 9.17) is 42.6 Å². The first-order valence-corrected chi connectivity index (χ1v) is 34.6. The molecule has 8 aliphatic carbocycles. The Balaban J connectivity index is 0.000000147. The van der Waals surface area contributed by atoms with Gasteiger partial charge in [0.25, 0.3) is 0 Å². The smallest absolute Gasteiger partial charge is 0.312 e. The number of carbonyl (C=O) groups is 10. The maximum Gasteiger partial charge on any atom is 0.312 e. The highest BCUT2D eigenvalue weighted by atomic mass is 16.6. The standard InChI is InChI=1S/C21H32O6.C18H28O4.C17H24O6.C16H24O5/c1-7-19(5,6)16(23)27-21-9-13-8-20(12-21,17(24)26-18(2,3)4)10-14(11-21)25-15(13)22;1-6-15(2,3)13(19)22-18-8-12-7-16(4,10-18)9-17(5,11-18)14(20)21-12;1-4-15(2,3)14(21)23-17-6-10-5-16(9-17,13(19)20)7-11(8-17)22-12(10)18;1-4-14(2,3)13(18)21-16-6-10-5-15(19,9-16)7-11(8-16)20-12(10)17/h13-14H,7-12H2,1-6H3;12H,6-11H2,1-5H3;10-11H,4-9H2,1-3H3,(H,19,20);10-11,19H,4-9H2,1-3H3. The molecule has 0 spiro atoms. The quantitative estimate of drug-likeness (QED) is 0.121. The van der Waals surface area contributed by atoms with Crippen LogP contribution in [0.3, 0.4) is 0 Å². The maximum absolute atomic E-state index is 13.1. The zero-order valence-corrected chi connectivity index (χ0v) is 58.7. The molecule has 8 saturated carbocycles. The number of rotatable bonds is 14. The van der Waals surface area contributed by atoms with Gasteiger partial charge in [-0.2, -0.15) is 0 Å². The molecule has 0 aromatic carbocycles. The van der Waals surface area contributed by atoms with E-state index in [1.165, 1.54) is 0 Å². The predicted octanol–water partition coefficient (Wildman–Crippen LogP) is 11.4. The molecule has 0 radical (unpaired) electrons. The molecule has 16 aliphatic rings. The molecule has 8 heterocycles. The number of carbonyl (C=O) groups excluding carboxylic acids is 9. The maximum atomic E-state index is 13.1. The van der Waals surface area contributed by atoms with Crippen LogP contribution in [-0.4, -0.2) is 128 Å². The Labute approximate surface area is 549 Å². The summed E-state index contributed by atoms with van der Waals surface area (Å²) in [5.41, 5.74) is -9.15. The number of esters is 9. The third-order valence-corrected chi connectivity index (χ3v) is 23.9. The summed E-state index contributed by atoms with van der Waals surface area (Å²) in [4.78, 5) is 125. The number of hydrogen-bond acceptors (Lipinski definition) is 20. The van der Waals surface area contributed by atoms with Crippen LogP contribution in [0.1, 0.15) is 272 Å². The fraction of sp³-hybridized carbons (Fsp3) is 0.861. The number of aliphatic carboxylic acids is 1. The summed E-state index contributed by atoms with van der Waals surface area (Å²) in [7, 11) is 0. The first-order chi connectivity index (χ1) is 42.6. The Morgan fingerprint density at radius 3 is 1.19 bits per heavy atom. The molecular weight excluding hydrogens is 1200 g/mol. The van der Waals surface area contributed by atoms with Gasteiger partial charge in [-0.15, -0.1) is 0 Å². The highest BCUT2D eigenvalue weighted by Gasteiger charge is 2.68. The average Bonchev–Trinajstić information content (AvgIpc) is 1.71. The normalized spacial score (nSPS) is 39.6. The summed E-state index contributed by atoms with van der Waals surface area (Å²) in [5.74, 6) is -4.47. The minimum atomic E-state index is -1.02. The second kappa shape index (κ2) is 24.0. The number of carboxylic acids is 1. The van der Waals surface area contributed by atoms with Crippen molar-refractivity contribution in [2.75, 3.05) is 0 Å². The van der Waals surface area contributed by atoms with Gasteiger partial charge < -0.3 is 52.8 Å². The van der Waals surface area contributed by atoms with Crippen LogP contribution < -0.4 is 0 Å². The lowest BCUT2D eigenvalue weighted by molar-refractivity contribution is -0.205. The first kappa shape index (κ1) is 71.9. The second-order valence-corrected chi connectivity index (χ2v) is 35.4. The SMILES string of the molecule is CCC(C)(C)C(=O)OC12CC3CC(C(=O)O)(CC(C1)C(=O)O3)C2.CCC(C)(C)C(=O)OC12CC3CC(C(=O)OC(C)(C)C)(CC(C1)C(=O)O3)C2.CCC(C)(C)C(=O)OC12CC3CC(C)(C1)CC(C)(C2)C(=O)O3.CCC(C)(C)C(=O)OC12CC3CC(O)(CC(C1)C(=O)O3)C2. The number of aliphatic hydroxyl groups is 1. The Morgan fingerprint density at radius 2 is 0.774 bits per heavy atom. The van der Waals surface area contributed by atoms with Gasteiger partial charge in [0.05, 0.1) is 61.3 Å². The number of carboxylic acid groups (broad SMARTS) is 1. The van der Waals surface area contributed by atoms with Gasteiger partial charge in [0.1, 0.15) is 52.4 Å². The van der Waals surface area contributed by atoms with Crippen LogP contribution in [0.5, 0.6) is 0 Å². The van der Waals surface area contributed by atoms with Gasteiger partial charge in [0.2, 0.25) is 0 Å². The molecule has 0 amide bonds. The lowest BCUT2D eigenvalue weighted by atomic mass is 9.53. The summed E-state index contributed by atoms with van der Waals surface area (Å²) in [5, 5.41) is 20.5. The van der Waals surface area contributed by atoms with Gasteiger partial charge >= 0.3 is 59.7 Å². The van der Waals surface area contributed by atoms with Crippen LogP contribution >= 0.6 is 0 Å². The van der Waals surface area contributed by atoms with E-state index in [0.29, 0.717) is 116 Å². The first-order valence-electron chi connectivity index (χ1n) is 34.6. The third-order valence-electron chi connectivity index (χ3n) is 23.9. The topological polar surface area (TPSA) is 294 Å². The summed E-state index contributed by atoms with van der Waals surface area (Å²) in [6, 6.07) is 0. The molecule has 93 heavy (non-hydrogen) atoms. The lowest BCUT2D eigenvalue weighted by Crippen LogP contribution is -2.57. The van der Waals surface area contributed by atoms with E-state index < -0.39 is 102 Å². The lowest BCUT2D eigenvalue weighted by Gasteiger charge is -2.54. The van der Waals surface area contributed by atoms with Crippen LogP contribution in [0.15, 0.2) is 0 Å². The van der Waals surface area contributed by atoms with E-state index in [9.17, 15) is 58.2 Å². The highest BCUT2D eigenvalue weighted by molar-refractivity contribution is 5.84. The highest BCUT2D eigenvalue weighted by Crippen LogP contribution is 2.64. The Hall–Kier alpha value is -5.34. The monoisotopic (exact) mass is 1310 g/mol. The Kier molecular flexibility index (Phi) is 18.6. The fourth-order valence-electron chi connectivity index (χ4n) is 18.2. The molecule has 21 heteroatoms. The van der Waals surface area contributed by atoms with Crippen molar-refractivity contribution in [1.29, 1.82) is 0 Å². The molecule has 16 bridgehead atoms. The zero-order valence-electron chi connectivity index (χ0n) is 58.7. The summed E-state index contributed by atoms with van der Waals surface area (Å²) >= 11 is 0. The van der Waals surface area contributed by atoms with E-state index in [-0.39, 0.29) is 90.1 Å². The number of ether oxygens (including phenoxy) is 9. The van der Waals surface area contributed by atoms with Crippen molar-refractivity contribution >= 4 is 59.7 Å². The van der Waals surface area contributed by atoms with Gasteiger partial charge in [-0.1, -0.05) is 34.6 Å². The number of hydrogen-bond donors (Lipinski definition) is 2. The number of fused-ring (bicyclic) bond motifs is 4. The van der Waals surface area contributed by atoms with Crippen LogP contribution in [0.4, 0.5) is 0 Å². The largest absolute Gasteiger partial charge is 0.481 e. The minimum Gasteiger partial charge on any atom is -0.481 e. The van der Waals surface area contributed by atoms with Crippen molar-refractivity contribution in [1.82, 2.24) is 0 Å². The van der Waals surface area contributed by atoms with E-state index in [1.54, 1.807) is 0 Å². The molecule has 16 unspecified atom stereocenters. The molecule has 522 valence electrons. The molecule has 0 aromatic rings. The van der Waals surface area contributed by atoms with Gasteiger partial charge in [0.15, 0.2) is 0 Å². The molecular formula is C72H108O21. The van der Waals surface area contributed by atoms with Gasteiger partial charge in [0, 0.05) is 89.9 Å². The molecule has 16 atom stereocenters. The van der Waals surface area contributed by atoms with E-state index >= 15 is 0 Å².